The maximum absolute atomic E-state index is 12.6. The Morgan fingerprint density at radius 2 is 1.69 bits per heavy atom. The third-order valence-corrected chi connectivity index (χ3v) is 5.75. The summed E-state index contributed by atoms with van der Waals surface area (Å²) in [5, 5.41) is 8.17. The molecular weight excluding hydrogens is 356 g/mol. The van der Waals surface area contributed by atoms with Gasteiger partial charge in [0.2, 0.25) is 0 Å². The minimum absolute atomic E-state index is 0.0867. The summed E-state index contributed by atoms with van der Waals surface area (Å²) in [6.45, 7) is 2.76. The third kappa shape index (κ3) is 3.52. The van der Waals surface area contributed by atoms with Gasteiger partial charge in [-0.1, -0.05) is 0 Å². The van der Waals surface area contributed by atoms with E-state index in [2.05, 4.69) is 19.8 Å². The Labute approximate surface area is 152 Å². The minimum atomic E-state index is -3.79. The van der Waals surface area contributed by atoms with Crippen LogP contribution in [0.15, 0.2) is 35.2 Å². The van der Waals surface area contributed by atoms with Crippen molar-refractivity contribution in [2.45, 2.75) is 24.2 Å². The molecule has 0 bridgehead atoms. The summed E-state index contributed by atoms with van der Waals surface area (Å²) in [7, 11) is -3.79. The van der Waals surface area contributed by atoms with Crippen LogP contribution in [0, 0.1) is 0 Å². The molecule has 1 aromatic carbocycles. The molecule has 0 amide bonds. The van der Waals surface area contributed by atoms with Crippen molar-refractivity contribution < 1.29 is 17.9 Å². The van der Waals surface area contributed by atoms with Crippen molar-refractivity contribution in [2.24, 2.45) is 0 Å². The predicted octanol–water partition coefficient (Wildman–Crippen LogP) is 2.04. The van der Waals surface area contributed by atoms with Gasteiger partial charge in [-0.2, -0.15) is 0 Å². The Morgan fingerprint density at radius 1 is 0.923 bits per heavy atom. The number of rotatable bonds is 4. The number of piperidine rings is 1. The van der Waals surface area contributed by atoms with Gasteiger partial charge in [-0.15, -0.1) is 10.2 Å². The second-order valence-corrected chi connectivity index (χ2v) is 7.92. The van der Waals surface area contributed by atoms with E-state index in [1.807, 2.05) is 0 Å². The van der Waals surface area contributed by atoms with Crippen molar-refractivity contribution >= 4 is 21.7 Å². The van der Waals surface area contributed by atoms with E-state index in [0.717, 1.165) is 31.7 Å². The normalized spacial score (nSPS) is 17.0. The fourth-order valence-electron chi connectivity index (χ4n) is 3.06. The fraction of sp³-hybridized carbons (Fsp3) is 0.412. The van der Waals surface area contributed by atoms with Crippen LogP contribution in [0.1, 0.15) is 19.3 Å². The molecule has 0 unspecified atom stereocenters. The molecule has 0 spiro atoms. The molecule has 0 radical (unpaired) electrons. The van der Waals surface area contributed by atoms with Crippen molar-refractivity contribution in [1.29, 1.82) is 0 Å². The number of hydrogen-bond acceptors (Lipinski definition) is 7. The standard InChI is InChI=1S/C17H20N4O4S/c22-26(23,13-4-5-14-15(12-13)25-11-10-24-14)20-16-6-7-17(19-18-16)21-8-2-1-3-9-21/h4-7,12H,1-3,8-11H2,(H,18,20). The Kier molecular flexibility index (Phi) is 4.54. The van der Waals surface area contributed by atoms with Crippen LogP contribution in [0.3, 0.4) is 0 Å². The van der Waals surface area contributed by atoms with Crippen molar-refractivity contribution in [3.8, 4) is 11.5 Å². The zero-order valence-corrected chi connectivity index (χ0v) is 15.0. The van der Waals surface area contributed by atoms with E-state index in [1.165, 1.54) is 18.6 Å². The van der Waals surface area contributed by atoms with Gasteiger partial charge in [0, 0.05) is 19.2 Å². The number of anilines is 2. The zero-order valence-electron chi connectivity index (χ0n) is 14.2. The van der Waals surface area contributed by atoms with Gasteiger partial charge >= 0.3 is 0 Å². The molecule has 1 fully saturated rings. The maximum atomic E-state index is 12.6. The molecule has 9 heteroatoms. The van der Waals surface area contributed by atoms with Crippen LogP contribution in [0.5, 0.6) is 11.5 Å². The highest BCUT2D eigenvalue weighted by atomic mass is 32.2. The largest absolute Gasteiger partial charge is 0.486 e. The zero-order chi connectivity index (χ0) is 18.0. The topological polar surface area (TPSA) is 93.7 Å². The first-order valence-electron chi connectivity index (χ1n) is 8.63. The van der Waals surface area contributed by atoms with Gasteiger partial charge in [-0.25, -0.2) is 8.42 Å². The van der Waals surface area contributed by atoms with Crippen LogP contribution < -0.4 is 19.1 Å². The highest BCUT2D eigenvalue weighted by Crippen LogP contribution is 2.32. The molecule has 0 saturated carbocycles. The molecule has 2 aliphatic heterocycles. The van der Waals surface area contributed by atoms with Crippen LogP contribution in [-0.4, -0.2) is 44.9 Å². The first kappa shape index (κ1) is 16.9. The molecule has 8 nitrogen and oxygen atoms in total. The molecule has 0 atom stereocenters. The molecule has 2 aliphatic rings. The maximum Gasteiger partial charge on any atom is 0.263 e. The van der Waals surface area contributed by atoms with Crippen molar-refractivity contribution in [2.75, 3.05) is 35.9 Å². The molecule has 2 aromatic rings. The number of nitrogens with zero attached hydrogens (tertiary/aromatic N) is 3. The SMILES string of the molecule is O=S(=O)(Nc1ccc(N2CCCCC2)nn1)c1ccc2c(c1)OCCO2. The van der Waals surface area contributed by atoms with Crippen LogP contribution in [-0.2, 0) is 10.0 Å². The average Bonchev–Trinajstić information content (AvgIpc) is 2.68. The van der Waals surface area contributed by atoms with Gasteiger partial charge < -0.3 is 14.4 Å². The number of nitrogens with one attached hydrogen (secondary N) is 1. The summed E-state index contributed by atoms with van der Waals surface area (Å²) in [4.78, 5) is 2.25. The number of benzene rings is 1. The smallest absolute Gasteiger partial charge is 0.263 e. The first-order chi connectivity index (χ1) is 12.6. The van der Waals surface area contributed by atoms with Crippen LogP contribution >= 0.6 is 0 Å². The summed E-state index contributed by atoms with van der Waals surface area (Å²) in [5.74, 6) is 1.92. The monoisotopic (exact) mass is 376 g/mol. The predicted molar refractivity (Wildman–Crippen MR) is 96.3 cm³/mol. The Balaban J connectivity index is 1.50. The highest BCUT2D eigenvalue weighted by Gasteiger charge is 2.20. The molecule has 26 heavy (non-hydrogen) atoms. The number of hydrogen-bond donors (Lipinski definition) is 1. The second kappa shape index (κ2) is 6.99. The fourth-order valence-corrected chi connectivity index (χ4v) is 4.07. The van der Waals surface area contributed by atoms with Crippen molar-refractivity contribution in [1.82, 2.24) is 10.2 Å². The summed E-state index contributed by atoms with van der Waals surface area (Å²) in [6, 6.07) is 7.94. The van der Waals surface area contributed by atoms with E-state index < -0.39 is 10.0 Å². The van der Waals surface area contributed by atoms with Gasteiger partial charge in [0.15, 0.2) is 23.1 Å². The van der Waals surface area contributed by atoms with Gasteiger partial charge in [0.1, 0.15) is 13.2 Å². The molecular formula is C17H20N4O4S. The van der Waals surface area contributed by atoms with Gasteiger partial charge in [-0.3, -0.25) is 4.72 Å². The lowest BCUT2D eigenvalue weighted by Crippen LogP contribution is -2.30. The van der Waals surface area contributed by atoms with E-state index in [0.29, 0.717) is 24.7 Å². The van der Waals surface area contributed by atoms with Gasteiger partial charge in [0.05, 0.1) is 4.90 Å². The lowest BCUT2D eigenvalue weighted by molar-refractivity contribution is 0.171. The number of fused-ring (bicyclic) bond motifs is 1. The van der Waals surface area contributed by atoms with E-state index in [1.54, 1.807) is 18.2 Å². The number of sulfonamides is 1. The van der Waals surface area contributed by atoms with Crippen LogP contribution in [0.4, 0.5) is 11.6 Å². The lowest BCUT2D eigenvalue weighted by Gasteiger charge is -2.27. The Bertz CT molecular complexity index is 880. The summed E-state index contributed by atoms with van der Waals surface area (Å²) in [6.07, 6.45) is 3.51. The van der Waals surface area contributed by atoms with Gasteiger partial charge in [-0.05, 0) is 43.5 Å². The van der Waals surface area contributed by atoms with E-state index in [9.17, 15) is 8.42 Å². The summed E-state index contributed by atoms with van der Waals surface area (Å²) < 4.78 is 38.5. The van der Waals surface area contributed by atoms with Crippen LogP contribution in [0.2, 0.25) is 0 Å². The van der Waals surface area contributed by atoms with Gasteiger partial charge in [0.25, 0.3) is 10.0 Å². The number of aromatic nitrogens is 2. The Hall–Kier alpha value is -2.55. The molecule has 3 heterocycles. The highest BCUT2D eigenvalue weighted by molar-refractivity contribution is 7.92. The average molecular weight is 376 g/mol. The molecule has 138 valence electrons. The third-order valence-electron chi connectivity index (χ3n) is 4.39. The van der Waals surface area contributed by atoms with E-state index in [4.69, 9.17) is 9.47 Å². The number of ether oxygens (including phenoxy) is 2. The first-order valence-corrected chi connectivity index (χ1v) is 10.1. The molecule has 1 saturated heterocycles. The van der Waals surface area contributed by atoms with Crippen LogP contribution in [0.25, 0.3) is 0 Å². The lowest BCUT2D eigenvalue weighted by atomic mass is 10.1. The van der Waals surface area contributed by atoms with E-state index >= 15 is 0 Å². The second-order valence-electron chi connectivity index (χ2n) is 6.24. The summed E-state index contributed by atoms with van der Waals surface area (Å²) >= 11 is 0. The Morgan fingerprint density at radius 3 is 2.42 bits per heavy atom. The van der Waals surface area contributed by atoms with Crippen molar-refractivity contribution in [3.05, 3.63) is 30.3 Å². The summed E-state index contributed by atoms with van der Waals surface area (Å²) in [5.41, 5.74) is 0. The van der Waals surface area contributed by atoms with E-state index in [-0.39, 0.29) is 10.7 Å². The molecule has 4 rings (SSSR count). The quantitative estimate of drug-likeness (QED) is 0.873. The van der Waals surface area contributed by atoms with Crippen molar-refractivity contribution in [3.63, 3.8) is 0 Å². The molecule has 1 aromatic heterocycles. The minimum Gasteiger partial charge on any atom is -0.486 e. The molecule has 0 aliphatic carbocycles. The molecule has 1 N–H and O–H groups in total.